The summed E-state index contributed by atoms with van der Waals surface area (Å²) >= 11 is 0. The Morgan fingerprint density at radius 2 is 2.29 bits per heavy atom. The Hall–Kier alpha value is -1.49. The van der Waals surface area contributed by atoms with Gasteiger partial charge in [-0.05, 0) is 33.3 Å². The second-order valence-corrected chi connectivity index (χ2v) is 5.72. The van der Waals surface area contributed by atoms with Gasteiger partial charge >= 0.3 is 0 Å². The minimum absolute atomic E-state index is 0.608. The first-order chi connectivity index (χ1) is 10.1. The smallest absolute Gasteiger partial charge is 0.193 e. The summed E-state index contributed by atoms with van der Waals surface area (Å²) in [5, 5.41) is 3.36. The van der Waals surface area contributed by atoms with Crippen molar-refractivity contribution in [1.82, 2.24) is 10.2 Å². The van der Waals surface area contributed by atoms with Crippen molar-refractivity contribution >= 4 is 5.96 Å². The number of hydrogen-bond donors (Lipinski definition) is 1. The minimum Gasteiger partial charge on any atom is -0.466 e. The van der Waals surface area contributed by atoms with Crippen molar-refractivity contribution in [2.45, 2.75) is 33.7 Å². The van der Waals surface area contributed by atoms with E-state index in [1.165, 1.54) is 0 Å². The fourth-order valence-corrected chi connectivity index (χ4v) is 2.67. The van der Waals surface area contributed by atoms with E-state index in [9.17, 15) is 0 Å². The highest BCUT2D eigenvalue weighted by Gasteiger charge is 2.19. The van der Waals surface area contributed by atoms with E-state index in [-0.39, 0.29) is 0 Å². The van der Waals surface area contributed by atoms with E-state index in [0.29, 0.717) is 12.5 Å². The van der Waals surface area contributed by atoms with E-state index in [4.69, 9.17) is 14.1 Å². The average Bonchev–Trinajstić information content (AvgIpc) is 3.04. The van der Waals surface area contributed by atoms with Gasteiger partial charge in [0.1, 0.15) is 11.5 Å². The molecule has 5 nitrogen and oxygen atoms in total. The van der Waals surface area contributed by atoms with Crippen LogP contribution >= 0.6 is 0 Å². The van der Waals surface area contributed by atoms with E-state index in [0.717, 1.165) is 55.8 Å². The maximum Gasteiger partial charge on any atom is 0.193 e. The van der Waals surface area contributed by atoms with Gasteiger partial charge in [0, 0.05) is 38.2 Å². The number of nitrogens with zero attached hydrogens (tertiary/aromatic N) is 2. The first kappa shape index (κ1) is 15.9. The fourth-order valence-electron chi connectivity index (χ4n) is 2.67. The Kier molecular flexibility index (Phi) is 5.67. The van der Waals surface area contributed by atoms with Crippen LogP contribution in [0.25, 0.3) is 0 Å². The van der Waals surface area contributed by atoms with Gasteiger partial charge in [0.05, 0.1) is 13.2 Å². The van der Waals surface area contributed by atoms with Gasteiger partial charge in [0.15, 0.2) is 5.96 Å². The van der Waals surface area contributed by atoms with E-state index < -0.39 is 0 Å². The maximum atomic E-state index is 5.56. The van der Waals surface area contributed by atoms with Crippen LogP contribution < -0.4 is 5.32 Å². The molecule has 1 saturated heterocycles. The zero-order chi connectivity index (χ0) is 15.2. The monoisotopic (exact) mass is 293 g/mol. The number of rotatable bonds is 5. The van der Waals surface area contributed by atoms with Crippen LogP contribution in [0.4, 0.5) is 0 Å². The minimum atomic E-state index is 0.608. The number of furan rings is 1. The Morgan fingerprint density at radius 3 is 2.86 bits per heavy atom. The fraction of sp³-hybridized carbons (Fsp3) is 0.688. The Bertz CT molecular complexity index is 476. The molecule has 0 spiro atoms. The SMILES string of the molecule is CCNC(=NCc1cc(C)oc1C)N(C)CC1CCOC1. The van der Waals surface area contributed by atoms with Crippen molar-refractivity contribution < 1.29 is 9.15 Å². The van der Waals surface area contributed by atoms with Crippen molar-refractivity contribution in [1.29, 1.82) is 0 Å². The molecular weight excluding hydrogens is 266 g/mol. The number of guanidine groups is 1. The van der Waals surface area contributed by atoms with Crippen molar-refractivity contribution in [3.05, 3.63) is 23.2 Å². The Morgan fingerprint density at radius 1 is 1.48 bits per heavy atom. The molecule has 21 heavy (non-hydrogen) atoms. The number of hydrogen-bond acceptors (Lipinski definition) is 3. The van der Waals surface area contributed by atoms with Gasteiger partial charge in [-0.2, -0.15) is 0 Å². The lowest BCUT2D eigenvalue weighted by Crippen LogP contribution is -2.41. The molecule has 0 aliphatic carbocycles. The van der Waals surface area contributed by atoms with Crippen molar-refractivity contribution in [3.63, 3.8) is 0 Å². The van der Waals surface area contributed by atoms with Crippen LogP contribution in [0.5, 0.6) is 0 Å². The number of aryl methyl sites for hydroxylation is 2. The lowest BCUT2D eigenvalue weighted by molar-refractivity contribution is 0.181. The van der Waals surface area contributed by atoms with Crippen LogP contribution in [0.15, 0.2) is 15.5 Å². The van der Waals surface area contributed by atoms with Crippen molar-refractivity contribution in [2.24, 2.45) is 10.9 Å². The summed E-state index contributed by atoms with van der Waals surface area (Å²) in [6, 6.07) is 2.06. The molecule has 0 radical (unpaired) electrons. The van der Waals surface area contributed by atoms with Crippen LogP contribution in [0.2, 0.25) is 0 Å². The van der Waals surface area contributed by atoms with Gasteiger partial charge in [-0.3, -0.25) is 0 Å². The van der Waals surface area contributed by atoms with Gasteiger partial charge < -0.3 is 19.4 Å². The molecule has 1 N–H and O–H groups in total. The highest BCUT2D eigenvalue weighted by molar-refractivity contribution is 5.79. The van der Waals surface area contributed by atoms with E-state index in [1.807, 2.05) is 13.8 Å². The zero-order valence-electron chi connectivity index (χ0n) is 13.6. The quantitative estimate of drug-likeness (QED) is 0.669. The van der Waals surface area contributed by atoms with Gasteiger partial charge in [-0.15, -0.1) is 0 Å². The lowest BCUT2D eigenvalue weighted by Gasteiger charge is -2.24. The molecule has 5 heteroatoms. The van der Waals surface area contributed by atoms with E-state index in [2.05, 4.69) is 30.3 Å². The summed E-state index contributed by atoms with van der Waals surface area (Å²) < 4.78 is 11.0. The van der Waals surface area contributed by atoms with E-state index in [1.54, 1.807) is 0 Å². The maximum absolute atomic E-state index is 5.56. The molecule has 0 aromatic carbocycles. The molecule has 1 fully saturated rings. The molecule has 1 atom stereocenters. The molecule has 1 unspecified atom stereocenters. The number of aliphatic imine (C=N–C) groups is 1. The first-order valence-electron chi connectivity index (χ1n) is 7.73. The standard InChI is InChI=1S/C16H27N3O2/c1-5-17-16(19(4)10-14-6-7-20-11-14)18-9-15-8-12(2)21-13(15)3/h8,14H,5-7,9-11H2,1-4H3,(H,17,18). The molecule has 0 saturated carbocycles. The zero-order valence-corrected chi connectivity index (χ0v) is 13.6. The van der Waals surface area contributed by atoms with Crippen molar-refractivity contribution in [2.75, 3.05) is 33.4 Å². The largest absolute Gasteiger partial charge is 0.466 e. The molecule has 0 bridgehead atoms. The molecule has 2 heterocycles. The highest BCUT2D eigenvalue weighted by atomic mass is 16.5. The summed E-state index contributed by atoms with van der Waals surface area (Å²) in [6.07, 6.45) is 1.14. The molecule has 1 aliphatic rings. The van der Waals surface area contributed by atoms with Gasteiger partial charge in [-0.25, -0.2) is 4.99 Å². The van der Waals surface area contributed by atoms with Crippen LogP contribution in [-0.2, 0) is 11.3 Å². The average molecular weight is 293 g/mol. The molecule has 118 valence electrons. The predicted molar refractivity (Wildman–Crippen MR) is 84.6 cm³/mol. The first-order valence-corrected chi connectivity index (χ1v) is 7.73. The second-order valence-electron chi connectivity index (χ2n) is 5.72. The van der Waals surface area contributed by atoms with Gasteiger partial charge in [0.2, 0.25) is 0 Å². The summed E-state index contributed by atoms with van der Waals surface area (Å²) in [7, 11) is 2.09. The molecule has 1 aliphatic heterocycles. The molecule has 2 rings (SSSR count). The van der Waals surface area contributed by atoms with Crippen LogP contribution in [-0.4, -0.2) is 44.2 Å². The van der Waals surface area contributed by atoms with Crippen molar-refractivity contribution in [3.8, 4) is 0 Å². The Labute approximate surface area is 127 Å². The summed E-state index contributed by atoms with van der Waals surface area (Å²) in [5.74, 6) is 3.46. The molecule has 0 amide bonds. The molecular formula is C16H27N3O2. The molecule has 1 aromatic rings. The van der Waals surface area contributed by atoms with Gasteiger partial charge in [-0.1, -0.05) is 0 Å². The van der Waals surface area contributed by atoms with Gasteiger partial charge in [0.25, 0.3) is 0 Å². The Balaban J connectivity index is 1.98. The van der Waals surface area contributed by atoms with E-state index >= 15 is 0 Å². The second kappa shape index (κ2) is 7.50. The topological polar surface area (TPSA) is 50.0 Å². The summed E-state index contributed by atoms with van der Waals surface area (Å²) in [6.45, 7) is 10.3. The predicted octanol–water partition coefficient (Wildman–Crippen LogP) is 2.33. The summed E-state index contributed by atoms with van der Waals surface area (Å²) in [4.78, 5) is 6.93. The third-order valence-corrected chi connectivity index (χ3v) is 3.80. The van der Waals surface area contributed by atoms with Crippen LogP contribution in [0.1, 0.15) is 30.4 Å². The van der Waals surface area contributed by atoms with Crippen LogP contribution in [0.3, 0.4) is 0 Å². The number of nitrogens with one attached hydrogen (secondary N) is 1. The third-order valence-electron chi connectivity index (χ3n) is 3.80. The lowest BCUT2D eigenvalue weighted by atomic mass is 10.1. The molecule has 1 aromatic heterocycles. The summed E-state index contributed by atoms with van der Waals surface area (Å²) in [5.41, 5.74) is 1.15. The highest BCUT2D eigenvalue weighted by Crippen LogP contribution is 2.16. The normalized spacial score (nSPS) is 19.0. The number of ether oxygens (including phenoxy) is 1. The third kappa shape index (κ3) is 4.49. The van der Waals surface area contributed by atoms with Crippen LogP contribution in [0, 0.1) is 19.8 Å².